The van der Waals surface area contributed by atoms with Crippen molar-refractivity contribution in [2.45, 2.75) is 36.4 Å². The number of ether oxygens (including phenoxy) is 1. The molecule has 1 aromatic heterocycles. The van der Waals surface area contributed by atoms with Crippen LogP contribution in [0.5, 0.6) is 0 Å². The van der Waals surface area contributed by atoms with Gasteiger partial charge in [-0.3, -0.25) is 24.6 Å². The van der Waals surface area contributed by atoms with Gasteiger partial charge in [0.2, 0.25) is 16.7 Å². The van der Waals surface area contributed by atoms with Crippen molar-refractivity contribution in [1.82, 2.24) is 20.1 Å². The predicted molar refractivity (Wildman–Crippen MR) is 131 cm³/mol. The molecule has 1 N–H and O–H groups in total. The van der Waals surface area contributed by atoms with Crippen molar-refractivity contribution in [3.63, 3.8) is 0 Å². The van der Waals surface area contributed by atoms with E-state index in [4.69, 9.17) is 9.15 Å². The molecule has 15 heteroatoms. The summed E-state index contributed by atoms with van der Waals surface area (Å²) in [5.41, 5.74) is 0.365. The van der Waals surface area contributed by atoms with Crippen LogP contribution >= 0.6 is 11.8 Å². The summed E-state index contributed by atoms with van der Waals surface area (Å²) in [6.07, 6.45) is 1.80. The smallest absolute Gasteiger partial charge is 0.347 e. The zero-order valence-electron chi connectivity index (χ0n) is 20.0. The van der Waals surface area contributed by atoms with Gasteiger partial charge in [-0.1, -0.05) is 11.8 Å². The molecule has 3 saturated heterocycles. The zero-order valence-corrected chi connectivity index (χ0v) is 20.8. The number of furan rings is 1. The minimum Gasteiger partial charge on any atom is -0.463 e. The van der Waals surface area contributed by atoms with Gasteiger partial charge in [-0.2, -0.15) is 5.10 Å². The normalized spacial score (nSPS) is 24.5. The van der Waals surface area contributed by atoms with Crippen LogP contribution in [0, 0.1) is 10.1 Å². The van der Waals surface area contributed by atoms with Crippen LogP contribution in [-0.4, -0.2) is 79.3 Å². The molecule has 198 valence electrons. The van der Waals surface area contributed by atoms with E-state index in [1.165, 1.54) is 53.5 Å². The summed E-state index contributed by atoms with van der Waals surface area (Å²) in [6.45, 7) is 1.21. The van der Waals surface area contributed by atoms with Crippen molar-refractivity contribution in [3.05, 3.63) is 64.1 Å². The van der Waals surface area contributed by atoms with Gasteiger partial charge < -0.3 is 19.4 Å². The highest BCUT2D eigenvalue weighted by molar-refractivity contribution is 8.02. The van der Waals surface area contributed by atoms with Crippen molar-refractivity contribution in [2.75, 3.05) is 13.1 Å². The van der Waals surface area contributed by atoms with Crippen molar-refractivity contribution < 1.29 is 33.3 Å². The molecule has 38 heavy (non-hydrogen) atoms. The molecule has 0 aliphatic carbocycles. The lowest BCUT2D eigenvalue weighted by Crippen LogP contribution is -2.68. The fraction of sp³-hybridized carbons (Fsp3) is 0.348. The van der Waals surface area contributed by atoms with Crippen molar-refractivity contribution >= 4 is 47.5 Å². The molecule has 5 rings (SSSR count). The Balaban J connectivity index is 1.44. The number of hydrogen-bond acceptors (Lipinski definition) is 10. The molecule has 0 bridgehead atoms. The van der Waals surface area contributed by atoms with E-state index in [-0.39, 0.29) is 37.7 Å². The van der Waals surface area contributed by atoms with E-state index in [9.17, 15) is 29.3 Å². The summed E-state index contributed by atoms with van der Waals surface area (Å²) in [5.74, 6) is -1.19. The van der Waals surface area contributed by atoms with E-state index < -0.39 is 39.2 Å². The third-order valence-electron chi connectivity index (χ3n) is 6.32. The predicted octanol–water partition coefficient (Wildman–Crippen LogP) is 1.47. The molecular weight excluding hydrogens is 520 g/mol. The van der Waals surface area contributed by atoms with Crippen LogP contribution in [0.4, 0.5) is 10.5 Å². The lowest BCUT2D eigenvalue weighted by molar-refractivity contribution is -0.384. The second kappa shape index (κ2) is 9.81. The van der Waals surface area contributed by atoms with Crippen molar-refractivity contribution in [2.24, 2.45) is 5.10 Å². The van der Waals surface area contributed by atoms with Gasteiger partial charge in [-0.15, -0.1) is 0 Å². The maximum absolute atomic E-state index is 13.8. The lowest BCUT2D eigenvalue weighted by Gasteiger charge is -2.41. The van der Waals surface area contributed by atoms with E-state index in [1.807, 2.05) is 0 Å². The van der Waals surface area contributed by atoms with Crippen molar-refractivity contribution in [1.29, 1.82) is 0 Å². The van der Waals surface area contributed by atoms with E-state index in [0.717, 1.165) is 16.8 Å². The highest BCUT2D eigenvalue weighted by Gasteiger charge is 2.69. The van der Waals surface area contributed by atoms with Gasteiger partial charge in [0.05, 0.1) is 35.7 Å². The lowest BCUT2D eigenvalue weighted by atomic mass is 10.1. The first-order valence-electron chi connectivity index (χ1n) is 11.5. The topological polar surface area (TPSA) is 168 Å². The van der Waals surface area contributed by atoms with Crippen LogP contribution in [0.3, 0.4) is 0 Å². The summed E-state index contributed by atoms with van der Waals surface area (Å²) >= 11 is 1.06. The monoisotopic (exact) mass is 542 g/mol. The first-order valence-corrected chi connectivity index (χ1v) is 12.4. The van der Waals surface area contributed by atoms with Gasteiger partial charge >= 0.3 is 12.0 Å². The maximum Gasteiger partial charge on any atom is 0.347 e. The number of fused-ring (bicyclic) bond motifs is 1. The number of hydrogen-bond donors (Lipinski definition) is 1. The number of nitrogens with zero attached hydrogens (tertiary/aromatic N) is 5. The Morgan fingerprint density at radius 3 is 2.68 bits per heavy atom. The van der Waals surface area contributed by atoms with Crippen LogP contribution in [0.2, 0.25) is 0 Å². The molecule has 2 aromatic rings. The minimum absolute atomic E-state index is 0.0682. The first kappa shape index (κ1) is 25.3. The van der Waals surface area contributed by atoms with Gasteiger partial charge in [0, 0.05) is 25.6 Å². The molecular formula is C23H22N6O8S. The summed E-state index contributed by atoms with van der Waals surface area (Å²) in [4.78, 5) is 63.2. The Labute approximate surface area is 219 Å². The number of hydrazone groups is 1. The summed E-state index contributed by atoms with van der Waals surface area (Å²) in [7, 11) is 0. The Hall–Kier alpha value is -4.40. The Kier molecular flexibility index (Phi) is 6.52. The van der Waals surface area contributed by atoms with Gasteiger partial charge in [-0.05, 0) is 29.8 Å². The highest BCUT2D eigenvalue weighted by atomic mass is 32.2. The average Bonchev–Trinajstić information content (AvgIpc) is 3.58. The number of benzene rings is 1. The summed E-state index contributed by atoms with van der Waals surface area (Å²) in [6, 6.07) is 8.19. The molecule has 3 fully saturated rings. The second-order valence-electron chi connectivity index (χ2n) is 8.69. The van der Waals surface area contributed by atoms with Crippen LogP contribution in [0.1, 0.15) is 24.7 Å². The second-order valence-corrected chi connectivity index (χ2v) is 10.1. The first-order chi connectivity index (χ1) is 18.2. The van der Waals surface area contributed by atoms with Crippen LogP contribution < -0.4 is 5.32 Å². The Morgan fingerprint density at radius 1 is 1.29 bits per heavy atom. The summed E-state index contributed by atoms with van der Waals surface area (Å²) < 4.78 is 10.8. The quantitative estimate of drug-likeness (QED) is 0.171. The van der Waals surface area contributed by atoms with E-state index >= 15 is 0 Å². The number of rotatable bonds is 8. The molecule has 1 aromatic carbocycles. The molecule has 4 amide bonds. The van der Waals surface area contributed by atoms with Gasteiger partial charge in [0.1, 0.15) is 18.5 Å². The average molecular weight is 543 g/mol. The van der Waals surface area contributed by atoms with Crippen LogP contribution in [0.15, 0.2) is 52.2 Å². The summed E-state index contributed by atoms with van der Waals surface area (Å²) in [5, 5.41) is 18.5. The van der Waals surface area contributed by atoms with E-state index in [0.29, 0.717) is 11.3 Å². The number of carbonyl (C=O) groups excluding carboxylic acids is 4. The SMILES string of the molecule is CC(=O)NC1N2C(=O)C[C@H]2S[C@]1(C(=O)OCc1ccc([N+](=O)[O-])cc1)N1CCN(N=Cc2ccco2)C1=O. The number of nitrogens with one attached hydrogen (secondary N) is 1. The number of nitro benzene ring substituents is 1. The fourth-order valence-electron chi connectivity index (χ4n) is 4.51. The van der Waals surface area contributed by atoms with Gasteiger partial charge in [0.25, 0.3) is 5.69 Å². The van der Waals surface area contributed by atoms with Gasteiger partial charge in [-0.25, -0.2) is 14.6 Å². The molecule has 14 nitrogen and oxygen atoms in total. The molecule has 0 spiro atoms. The molecule has 3 atom stereocenters. The number of esters is 1. The zero-order chi connectivity index (χ0) is 27.0. The Morgan fingerprint density at radius 2 is 2.05 bits per heavy atom. The number of β-lactam (4-membered cyclic amide) rings is 1. The van der Waals surface area contributed by atoms with Crippen molar-refractivity contribution in [3.8, 4) is 0 Å². The maximum atomic E-state index is 13.8. The van der Waals surface area contributed by atoms with Crippen LogP contribution in [0.25, 0.3) is 0 Å². The Bertz CT molecular complexity index is 1320. The third-order valence-corrected chi connectivity index (χ3v) is 7.95. The minimum atomic E-state index is -1.78. The molecule has 3 aliphatic rings. The number of amides is 4. The largest absolute Gasteiger partial charge is 0.463 e. The number of carbonyl (C=O) groups is 4. The number of non-ortho nitro benzene ring substituents is 1. The molecule has 0 radical (unpaired) electrons. The van der Waals surface area contributed by atoms with Crippen LogP contribution in [-0.2, 0) is 25.7 Å². The standard InChI is InChI=1S/C23H22N6O8S/c1-14(30)25-20-23(38-19-11-18(31)28(19)20,21(32)37-13-15-4-6-16(7-5-15)29(34)35)26-8-9-27(22(26)33)24-12-17-3-2-10-36-17/h2-7,10,12,19-20H,8-9,11,13H2,1H3,(H,25,30)/t19-,20?,23-/m1/s1. The fourth-order valence-corrected chi connectivity index (χ4v) is 6.26. The molecule has 3 aliphatic heterocycles. The van der Waals surface area contributed by atoms with E-state index in [1.54, 1.807) is 12.1 Å². The third kappa shape index (κ3) is 4.34. The highest BCUT2D eigenvalue weighted by Crippen LogP contribution is 2.53. The number of urea groups is 1. The number of nitro groups is 1. The molecule has 4 heterocycles. The molecule has 0 saturated carbocycles. The molecule has 1 unspecified atom stereocenters. The number of thioether (sulfide) groups is 1. The van der Waals surface area contributed by atoms with Gasteiger partial charge in [0.15, 0.2) is 0 Å². The van der Waals surface area contributed by atoms with E-state index in [2.05, 4.69) is 10.4 Å².